The van der Waals surface area contributed by atoms with Gasteiger partial charge in [-0.3, -0.25) is 9.52 Å². The molecule has 144 valence electrons. The van der Waals surface area contributed by atoms with E-state index in [0.29, 0.717) is 5.69 Å². The second-order valence-corrected chi connectivity index (χ2v) is 7.28. The average molecular weight is 402 g/mol. The minimum atomic E-state index is -3.88. The molecule has 0 radical (unpaired) electrons. The molecule has 0 saturated heterocycles. The maximum Gasteiger partial charge on any atom is 0.322 e. The fourth-order valence-corrected chi connectivity index (χ4v) is 3.21. The highest BCUT2D eigenvalue weighted by atomic mass is 32.2. The van der Waals surface area contributed by atoms with Gasteiger partial charge in [0.1, 0.15) is 0 Å². The topological polar surface area (TPSA) is 110 Å². The molecule has 0 atom stereocenters. The monoisotopic (exact) mass is 402 g/mol. The molecular formula is C18H15FN4O4S. The van der Waals surface area contributed by atoms with Crippen LogP contribution in [0.3, 0.4) is 0 Å². The van der Waals surface area contributed by atoms with Gasteiger partial charge in [0.2, 0.25) is 5.91 Å². The summed E-state index contributed by atoms with van der Waals surface area (Å²) < 4.78 is 46.0. The van der Waals surface area contributed by atoms with Crippen molar-refractivity contribution in [2.24, 2.45) is 0 Å². The first-order chi connectivity index (χ1) is 13.3. The molecule has 3 rings (SSSR count). The van der Waals surface area contributed by atoms with E-state index >= 15 is 0 Å². The van der Waals surface area contributed by atoms with Crippen LogP contribution in [0.15, 0.2) is 65.8 Å². The number of halogens is 1. The van der Waals surface area contributed by atoms with Crippen molar-refractivity contribution >= 4 is 27.3 Å². The van der Waals surface area contributed by atoms with Gasteiger partial charge >= 0.3 is 6.01 Å². The van der Waals surface area contributed by atoms with Crippen molar-refractivity contribution in [1.82, 2.24) is 9.97 Å². The molecule has 2 aromatic carbocycles. The van der Waals surface area contributed by atoms with Gasteiger partial charge in [0, 0.05) is 12.6 Å². The number of hydrogen-bond acceptors (Lipinski definition) is 6. The van der Waals surface area contributed by atoms with Gasteiger partial charge in [-0.25, -0.2) is 22.8 Å². The number of rotatable bonds is 6. The third-order valence-corrected chi connectivity index (χ3v) is 4.80. The molecule has 10 heteroatoms. The lowest BCUT2D eigenvalue weighted by molar-refractivity contribution is -0.114. The molecule has 0 spiro atoms. The standard InChI is InChI=1S/C18H15FN4O4S/c1-12(24)22-13-6-8-15(9-7-13)28(25,26)23-14-10-20-18(21-11-14)27-17-5-3-2-4-16(17)19/h2-11,23H,1H3,(H,22,24). The maximum atomic E-state index is 13.6. The van der Waals surface area contributed by atoms with Crippen molar-refractivity contribution in [2.75, 3.05) is 10.0 Å². The number of nitrogens with one attached hydrogen (secondary N) is 2. The maximum absolute atomic E-state index is 13.6. The Morgan fingerprint density at radius 2 is 1.64 bits per heavy atom. The van der Waals surface area contributed by atoms with Crippen molar-refractivity contribution in [3.05, 3.63) is 66.7 Å². The smallest absolute Gasteiger partial charge is 0.322 e. The molecule has 0 aliphatic heterocycles. The van der Waals surface area contributed by atoms with Gasteiger partial charge in [0.15, 0.2) is 11.6 Å². The van der Waals surface area contributed by atoms with Crippen molar-refractivity contribution < 1.29 is 22.3 Å². The first kappa shape index (κ1) is 19.2. The molecule has 2 N–H and O–H groups in total. The summed E-state index contributed by atoms with van der Waals surface area (Å²) >= 11 is 0. The van der Waals surface area contributed by atoms with E-state index in [9.17, 15) is 17.6 Å². The molecule has 0 fully saturated rings. The molecule has 8 nitrogen and oxygen atoms in total. The highest BCUT2D eigenvalue weighted by molar-refractivity contribution is 7.92. The zero-order valence-corrected chi connectivity index (χ0v) is 15.4. The Morgan fingerprint density at radius 1 is 1.00 bits per heavy atom. The van der Waals surface area contributed by atoms with Crippen LogP contribution in [0.4, 0.5) is 15.8 Å². The number of amides is 1. The van der Waals surface area contributed by atoms with Crippen LogP contribution < -0.4 is 14.8 Å². The molecule has 0 aliphatic rings. The first-order valence-corrected chi connectivity index (χ1v) is 9.47. The van der Waals surface area contributed by atoms with Gasteiger partial charge in [-0.2, -0.15) is 0 Å². The summed E-state index contributed by atoms with van der Waals surface area (Å²) in [6.07, 6.45) is 2.40. The third kappa shape index (κ3) is 4.80. The van der Waals surface area contributed by atoms with Gasteiger partial charge in [-0.15, -0.1) is 0 Å². The Bertz CT molecular complexity index is 1090. The largest absolute Gasteiger partial charge is 0.421 e. The predicted octanol–water partition coefficient (Wildman–Crippen LogP) is 3.17. The van der Waals surface area contributed by atoms with Gasteiger partial charge in [-0.1, -0.05) is 12.1 Å². The number of anilines is 2. The first-order valence-electron chi connectivity index (χ1n) is 7.98. The molecule has 3 aromatic rings. The number of sulfonamides is 1. The molecule has 1 aromatic heterocycles. The molecular weight excluding hydrogens is 387 g/mol. The third-order valence-electron chi connectivity index (χ3n) is 3.40. The zero-order valence-electron chi connectivity index (χ0n) is 14.6. The summed E-state index contributed by atoms with van der Waals surface area (Å²) in [6.45, 7) is 1.35. The van der Waals surface area contributed by atoms with E-state index in [4.69, 9.17) is 4.74 Å². The summed E-state index contributed by atoms with van der Waals surface area (Å²) in [6, 6.07) is 11.3. The lowest BCUT2D eigenvalue weighted by atomic mass is 10.3. The SMILES string of the molecule is CC(=O)Nc1ccc(S(=O)(=O)Nc2cnc(Oc3ccccc3F)nc2)cc1. The van der Waals surface area contributed by atoms with Crippen molar-refractivity contribution in [2.45, 2.75) is 11.8 Å². The fraction of sp³-hybridized carbons (Fsp3) is 0.0556. The van der Waals surface area contributed by atoms with E-state index < -0.39 is 15.8 Å². The molecule has 0 saturated carbocycles. The Morgan fingerprint density at radius 3 is 2.25 bits per heavy atom. The second kappa shape index (κ2) is 8.01. The quantitative estimate of drug-likeness (QED) is 0.655. The van der Waals surface area contributed by atoms with Gasteiger partial charge in [0.05, 0.1) is 23.0 Å². The molecule has 28 heavy (non-hydrogen) atoms. The molecule has 1 amide bonds. The van der Waals surface area contributed by atoms with E-state index in [1.807, 2.05) is 0 Å². The Balaban J connectivity index is 1.70. The number of carbonyl (C=O) groups excluding carboxylic acids is 1. The van der Waals surface area contributed by atoms with E-state index in [1.54, 1.807) is 6.07 Å². The summed E-state index contributed by atoms with van der Waals surface area (Å²) in [5.74, 6) is -0.878. The Hall–Kier alpha value is -3.53. The number of para-hydroxylation sites is 1. The highest BCUT2D eigenvalue weighted by Gasteiger charge is 2.15. The average Bonchev–Trinajstić information content (AvgIpc) is 2.65. The lowest BCUT2D eigenvalue weighted by Crippen LogP contribution is -2.13. The van der Waals surface area contributed by atoms with Crippen LogP contribution in [-0.2, 0) is 14.8 Å². The number of carbonyl (C=O) groups is 1. The predicted molar refractivity (Wildman–Crippen MR) is 100 cm³/mol. The van der Waals surface area contributed by atoms with E-state index in [0.717, 1.165) is 0 Å². The van der Waals surface area contributed by atoms with Gasteiger partial charge < -0.3 is 10.1 Å². The van der Waals surface area contributed by atoms with Crippen molar-refractivity contribution in [3.8, 4) is 11.8 Å². The second-order valence-electron chi connectivity index (χ2n) is 5.60. The van der Waals surface area contributed by atoms with Crippen LogP contribution in [0.2, 0.25) is 0 Å². The number of benzene rings is 2. The van der Waals surface area contributed by atoms with Gasteiger partial charge in [-0.05, 0) is 36.4 Å². The Labute approximate surface area is 160 Å². The molecule has 0 unspecified atom stereocenters. The molecule has 0 bridgehead atoms. The van der Waals surface area contributed by atoms with E-state index in [2.05, 4.69) is 20.0 Å². The van der Waals surface area contributed by atoms with E-state index in [-0.39, 0.29) is 28.3 Å². The number of nitrogens with zero attached hydrogens (tertiary/aromatic N) is 2. The summed E-state index contributed by atoms with van der Waals surface area (Å²) in [7, 11) is -3.88. The van der Waals surface area contributed by atoms with Crippen molar-refractivity contribution in [1.29, 1.82) is 0 Å². The van der Waals surface area contributed by atoms with Crippen LogP contribution >= 0.6 is 0 Å². The minimum Gasteiger partial charge on any atom is -0.421 e. The zero-order chi connectivity index (χ0) is 20.1. The molecule has 0 aliphatic carbocycles. The van der Waals surface area contributed by atoms with Crippen LogP contribution in [0.1, 0.15) is 6.92 Å². The van der Waals surface area contributed by atoms with Crippen LogP contribution in [0.25, 0.3) is 0 Å². The fourth-order valence-electron chi connectivity index (χ4n) is 2.18. The highest BCUT2D eigenvalue weighted by Crippen LogP contribution is 2.22. The lowest BCUT2D eigenvalue weighted by Gasteiger charge is -2.09. The summed E-state index contributed by atoms with van der Waals surface area (Å²) in [4.78, 5) is 18.7. The Kier molecular flexibility index (Phi) is 5.50. The normalized spacial score (nSPS) is 10.9. The number of ether oxygens (including phenoxy) is 1. The number of hydrogen-bond donors (Lipinski definition) is 2. The van der Waals surface area contributed by atoms with Crippen LogP contribution in [-0.4, -0.2) is 24.3 Å². The van der Waals surface area contributed by atoms with E-state index in [1.165, 1.54) is 61.8 Å². The van der Waals surface area contributed by atoms with Crippen LogP contribution in [0.5, 0.6) is 11.8 Å². The summed E-state index contributed by atoms with van der Waals surface area (Å²) in [5, 5.41) is 2.55. The minimum absolute atomic E-state index is 0.00622. The molecule has 1 heterocycles. The van der Waals surface area contributed by atoms with Crippen LogP contribution in [0, 0.1) is 5.82 Å². The number of aromatic nitrogens is 2. The van der Waals surface area contributed by atoms with Crippen molar-refractivity contribution in [3.63, 3.8) is 0 Å². The summed E-state index contributed by atoms with van der Waals surface area (Å²) in [5.41, 5.74) is 0.580. The van der Waals surface area contributed by atoms with Gasteiger partial charge in [0.25, 0.3) is 10.0 Å².